The van der Waals surface area contributed by atoms with E-state index in [0.29, 0.717) is 0 Å². The first-order chi connectivity index (χ1) is 14.8. The van der Waals surface area contributed by atoms with Crippen LogP contribution in [0.3, 0.4) is 0 Å². The molecular weight excluding hydrogens is 438 g/mol. The summed E-state index contributed by atoms with van der Waals surface area (Å²) in [6.45, 7) is -0.981. The number of carboxylic acid groups (broad SMARTS) is 3. The number of hydrogen-bond donors (Lipinski definition) is 9. The number of nitrogens with one attached hydrogen (secondary N) is 3. The highest BCUT2D eigenvalue weighted by atomic mass is 16.4. The summed E-state index contributed by atoms with van der Waals surface area (Å²) >= 11 is 0. The van der Waals surface area contributed by atoms with Crippen LogP contribution in [0.25, 0.3) is 0 Å². The zero-order chi connectivity index (χ0) is 25.0. The zero-order valence-corrected chi connectivity index (χ0v) is 16.6. The smallest absolute Gasteiger partial charge is 0.326 e. The molecule has 0 rings (SSSR count). The van der Waals surface area contributed by atoms with Crippen LogP contribution in [0.15, 0.2) is 0 Å². The van der Waals surface area contributed by atoms with Gasteiger partial charge in [0.15, 0.2) is 0 Å². The number of carbonyl (C=O) groups excluding carboxylic acids is 4. The van der Waals surface area contributed by atoms with Gasteiger partial charge < -0.3 is 47.8 Å². The number of aliphatic hydroxyl groups is 1. The molecule has 0 fully saturated rings. The predicted octanol–water partition coefficient (Wildman–Crippen LogP) is -4.94. The molecular formula is C16H25N5O11. The quantitative estimate of drug-likeness (QED) is 0.110. The molecule has 0 aliphatic heterocycles. The van der Waals surface area contributed by atoms with E-state index in [0.717, 1.165) is 0 Å². The standard InChI is InChI=1S/C16H25N5O11/c17-6(3-10(18)23)13(28)21-9(5-22)15(30)19-7(1-2-11(24)25)14(29)20-8(16(31)32)4-12(26)27/h6-9,22H,1-5,17H2,(H2,18,23)(H,19,30)(H,20,29)(H,21,28)(H,24,25)(H,26,27)(H,31,32). The van der Waals surface area contributed by atoms with E-state index >= 15 is 0 Å². The van der Waals surface area contributed by atoms with E-state index in [1.165, 1.54) is 0 Å². The first-order valence-corrected chi connectivity index (χ1v) is 9.00. The maximum absolute atomic E-state index is 12.4. The van der Waals surface area contributed by atoms with Crippen LogP contribution in [0.2, 0.25) is 0 Å². The topological polar surface area (TPSA) is 289 Å². The van der Waals surface area contributed by atoms with E-state index in [-0.39, 0.29) is 0 Å². The van der Waals surface area contributed by atoms with Gasteiger partial charge in [0.2, 0.25) is 23.6 Å². The van der Waals surface area contributed by atoms with Gasteiger partial charge in [-0.3, -0.25) is 28.8 Å². The van der Waals surface area contributed by atoms with Gasteiger partial charge in [-0.1, -0.05) is 0 Å². The second-order valence-electron chi connectivity index (χ2n) is 6.51. The Bertz CT molecular complexity index is 757. The van der Waals surface area contributed by atoms with Crippen molar-refractivity contribution in [2.24, 2.45) is 11.5 Å². The van der Waals surface area contributed by atoms with Crippen LogP contribution >= 0.6 is 0 Å². The summed E-state index contributed by atoms with van der Waals surface area (Å²) in [7, 11) is 0. The molecule has 0 saturated carbocycles. The molecule has 0 aliphatic rings. The summed E-state index contributed by atoms with van der Waals surface area (Å²) in [4.78, 5) is 80.1. The van der Waals surface area contributed by atoms with Crippen molar-refractivity contribution in [3.05, 3.63) is 0 Å². The van der Waals surface area contributed by atoms with Crippen molar-refractivity contribution < 1.29 is 54.0 Å². The Morgan fingerprint density at radius 1 is 0.719 bits per heavy atom. The molecule has 0 saturated heterocycles. The third-order valence-corrected chi connectivity index (χ3v) is 3.85. The molecule has 11 N–H and O–H groups in total. The number of primary amides is 1. The maximum atomic E-state index is 12.4. The van der Waals surface area contributed by atoms with Gasteiger partial charge in [-0.05, 0) is 6.42 Å². The number of carbonyl (C=O) groups is 7. The van der Waals surface area contributed by atoms with E-state index < -0.39 is 98.0 Å². The van der Waals surface area contributed by atoms with Gasteiger partial charge in [0.1, 0.15) is 18.1 Å². The minimum atomic E-state index is -1.87. The van der Waals surface area contributed by atoms with Crippen LogP contribution in [0.1, 0.15) is 25.7 Å². The number of carboxylic acids is 3. The highest BCUT2D eigenvalue weighted by Gasteiger charge is 2.31. The molecule has 0 heterocycles. The Morgan fingerprint density at radius 3 is 1.66 bits per heavy atom. The first kappa shape index (κ1) is 28.2. The van der Waals surface area contributed by atoms with E-state index in [2.05, 4.69) is 0 Å². The van der Waals surface area contributed by atoms with Crippen molar-refractivity contribution in [1.82, 2.24) is 16.0 Å². The summed E-state index contributed by atoms with van der Waals surface area (Å²) < 4.78 is 0. The Hall–Kier alpha value is -3.79. The Kier molecular flexibility index (Phi) is 11.9. The fourth-order valence-electron chi connectivity index (χ4n) is 2.24. The highest BCUT2D eigenvalue weighted by molar-refractivity contribution is 5.95. The molecule has 16 heteroatoms. The van der Waals surface area contributed by atoms with Crippen molar-refractivity contribution in [2.45, 2.75) is 49.9 Å². The molecule has 4 atom stereocenters. The van der Waals surface area contributed by atoms with Gasteiger partial charge >= 0.3 is 17.9 Å². The van der Waals surface area contributed by atoms with E-state index in [4.69, 9.17) is 26.8 Å². The van der Waals surface area contributed by atoms with Gasteiger partial charge in [-0.25, -0.2) is 4.79 Å². The van der Waals surface area contributed by atoms with Gasteiger partial charge in [0.25, 0.3) is 0 Å². The third kappa shape index (κ3) is 10.8. The van der Waals surface area contributed by atoms with Gasteiger partial charge in [-0.2, -0.15) is 0 Å². The van der Waals surface area contributed by atoms with Crippen LogP contribution in [0.5, 0.6) is 0 Å². The van der Waals surface area contributed by atoms with Crippen molar-refractivity contribution in [3.8, 4) is 0 Å². The molecule has 0 aromatic rings. The monoisotopic (exact) mass is 463 g/mol. The zero-order valence-electron chi connectivity index (χ0n) is 16.6. The number of hydrogen-bond acceptors (Lipinski definition) is 9. The third-order valence-electron chi connectivity index (χ3n) is 3.85. The molecule has 180 valence electrons. The predicted molar refractivity (Wildman–Crippen MR) is 101 cm³/mol. The van der Waals surface area contributed by atoms with Crippen LogP contribution in [-0.4, -0.2) is 92.7 Å². The van der Waals surface area contributed by atoms with Crippen molar-refractivity contribution >= 4 is 41.5 Å². The van der Waals surface area contributed by atoms with E-state index in [1.807, 2.05) is 16.0 Å². The fraction of sp³-hybridized carbons (Fsp3) is 0.562. The minimum Gasteiger partial charge on any atom is -0.481 e. The molecule has 0 spiro atoms. The lowest BCUT2D eigenvalue weighted by Crippen LogP contribution is -2.58. The summed E-state index contributed by atoms with van der Waals surface area (Å²) in [5.74, 6) is -8.90. The molecule has 0 aliphatic carbocycles. The molecule has 0 bridgehead atoms. The Balaban J connectivity index is 5.37. The Morgan fingerprint density at radius 2 is 1.22 bits per heavy atom. The average Bonchev–Trinajstić information content (AvgIpc) is 2.66. The maximum Gasteiger partial charge on any atom is 0.326 e. The molecule has 0 aromatic carbocycles. The van der Waals surface area contributed by atoms with Crippen LogP contribution in [0.4, 0.5) is 0 Å². The van der Waals surface area contributed by atoms with Crippen molar-refractivity contribution in [3.63, 3.8) is 0 Å². The lowest BCUT2D eigenvalue weighted by atomic mass is 10.1. The largest absolute Gasteiger partial charge is 0.481 e. The van der Waals surface area contributed by atoms with E-state index in [1.54, 1.807) is 0 Å². The number of aliphatic hydroxyl groups excluding tert-OH is 1. The van der Waals surface area contributed by atoms with Gasteiger partial charge in [-0.15, -0.1) is 0 Å². The highest BCUT2D eigenvalue weighted by Crippen LogP contribution is 2.02. The SMILES string of the molecule is NC(=O)CC(N)C(=O)NC(CO)C(=O)NC(CCC(=O)O)C(=O)NC(CC(=O)O)C(=O)O. The summed E-state index contributed by atoms with van der Waals surface area (Å²) in [5, 5.41) is 41.8. The summed E-state index contributed by atoms with van der Waals surface area (Å²) in [6, 6.07) is -6.63. The van der Waals surface area contributed by atoms with Crippen LogP contribution in [-0.2, 0) is 33.6 Å². The molecule has 0 radical (unpaired) electrons. The van der Waals surface area contributed by atoms with Gasteiger partial charge in [0.05, 0.1) is 25.5 Å². The number of nitrogens with two attached hydrogens (primary N) is 2. The minimum absolute atomic E-state index is 0.528. The lowest BCUT2D eigenvalue weighted by Gasteiger charge is -2.23. The molecule has 4 amide bonds. The van der Waals surface area contributed by atoms with Crippen molar-refractivity contribution in [2.75, 3.05) is 6.61 Å². The lowest BCUT2D eigenvalue weighted by molar-refractivity contribution is -0.147. The molecule has 32 heavy (non-hydrogen) atoms. The number of aliphatic carboxylic acids is 3. The van der Waals surface area contributed by atoms with Crippen molar-refractivity contribution in [1.29, 1.82) is 0 Å². The number of amides is 4. The average molecular weight is 463 g/mol. The Labute approximate surface area is 180 Å². The normalized spacial score (nSPS) is 14.2. The molecule has 0 aromatic heterocycles. The molecule has 16 nitrogen and oxygen atoms in total. The van der Waals surface area contributed by atoms with Crippen LogP contribution < -0.4 is 27.4 Å². The fourth-order valence-corrected chi connectivity index (χ4v) is 2.24. The molecule has 4 unspecified atom stereocenters. The second kappa shape index (κ2) is 13.5. The number of rotatable bonds is 15. The second-order valence-corrected chi connectivity index (χ2v) is 6.51. The summed E-state index contributed by atoms with van der Waals surface area (Å²) in [5.41, 5.74) is 10.3. The van der Waals surface area contributed by atoms with Crippen LogP contribution in [0, 0.1) is 0 Å². The van der Waals surface area contributed by atoms with Gasteiger partial charge in [0, 0.05) is 6.42 Å². The van der Waals surface area contributed by atoms with E-state index in [9.17, 15) is 38.7 Å². The first-order valence-electron chi connectivity index (χ1n) is 9.00. The summed E-state index contributed by atoms with van der Waals surface area (Å²) in [6.07, 6.45) is -2.72.